The molecule has 0 aromatic heterocycles. The van der Waals surface area contributed by atoms with Crippen LogP contribution in [-0.2, 0) is 4.79 Å². The van der Waals surface area contributed by atoms with Crippen molar-refractivity contribution in [2.75, 3.05) is 5.32 Å². The summed E-state index contributed by atoms with van der Waals surface area (Å²) in [6.45, 7) is 9.72. The molecule has 0 fully saturated rings. The second-order valence-electron chi connectivity index (χ2n) is 5.88. The summed E-state index contributed by atoms with van der Waals surface area (Å²) in [6.07, 6.45) is 3.81. The number of allylic oxidation sites excluding steroid dienone is 4. The Labute approximate surface area is 144 Å². The fourth-order valence-electron chi connectivity index (χ4n) is 2.22. The zero-order chi connectivity index (χ0) is 17.5. The summed E-state index contributed by atoms with van der Waals surface area (Å²) in [4.78, 5) is 12.3. The van der Waals surface area contributed by atoms with Crippen LogP contribution in [0.2, 0.25) is 0 Å². The first-order valence-electron chi connectivity index (χ1n) is 7.95. The van der Waals surface area contributed by atoms with E-state index in [0.29, 0.717) is 5.57 Å². The minimum atomic E-state index is -0.106. The van der Waals surface area contributed by atoms with Crippen LogP contribution in [0.25, 0.3) is 11.1 Å². The highest BCUT2D eigenvalue weighted by Gasteiger charge is 2.05. The minimum absolute atomic E-state index is 0.106. The van der Waals surface area contributed by atoms with Gasteiger partial charge in [0.15, 0.2) is 0 Å². The molecule has 0 aliphatic heterocycles. The predicted molar refractivity (Wildman–Crippen MR) is 104 cm³/mol. The SMILES string of the molecule is C=C(C)c1cccc(NC(=O)/C(C)=C/C=C(\C)c2ccccc2)c1. The number of benzene rings is 2. The Morgan fingerprint density at radius 1 is 0.917 bits per heavy atom. The predicted octanol–water partition coefficient (Wildman–Crippen LogP) is 5.71. The van der Waals surface area contributed by atoms with E-state index in [-0.39, 0.29) is 5.91 Å². The van der Waals surface area contributed by atoms with E-state index in [4.69, 9.17) is 0 Å². The number of carbonyl (C=O) groups is 1. The smallest absolute Gasteiger partial charge is 0.251 e. The van der Waals surface area contributed by atoms with Crippen LogP contribution in [0.15, 0.2) is 78.9 Å². The second-order valence-corrected chi connectivity index (χ2v) is 5.88. The van der Waals surface area contributed by atoms with Crippen molar-refractivity contribution in [3.8, 4) is 0 Å². The van der Waals surface area contributed by atoms with Crippen molar-refractivity contribution in [2.45, 2.75) is 20.8 Å². The second kappa shape index (κ2) is 8.11. The minimum Gasteiger partial charge on any atom is -0.322 e. The number of nitrogens with one attached hydrogen (secondary N) is 1. The maximum Gasteiger partial charge on any atom is 0.251 e. The number of amides is 1. The third-order valence-electron chi connectivity index (χ3n) is 3.78. The Morgan fingerprint density at radius 2 is 1.58 bits per heavy atom. The molecule has 2 heteroatoms. The highest BCUT2D eigenvalue weighted by Crippen LogP contribution is 2.18. The van der Waals surface area contributed by atoms with Crippen molar-refractivity contribution < 1.29 is 4.79 Å². The van der Waals surface area contributed by atoms with Crippen LogP contribution in [0.5, 0.6) is 0 Å². The van der Waals surface area contributed by atoms with Gasteiger partial charge in [-0.1, -0.05) is 66.8 Å². The number of hydrogen-bond donors (Lipinski definition) is 1. The molecule has 2 aromatic rings. The van der Waals surface area contributed by atoms with Crippen molar-refractivity contribution in [2.24, 2.45) is 0 Å². The Balaban J connectivity index is 2.09. The molecule has 2 aromatic carbocycles. The highest BCUT2D eigenvalue weighted by atomic mass is 16.1. The van der Waals surface area contributed by atoms with Gasteiger partial charge in [0, 0.05) is 11.3 Å². The number of hydrogen-bond acceptors (Lipinski definition) is 1. The van der Waals surface area contributed by atoms with Gasteiger partial charge >= 0.3 is 0 Å². The van der Waals surface area contributed by atoms with Gasteiger partial charge in [-0.2, -0.15) is 0 Å². The highest BCUT2D eigenvalue weighted by molar-refractivity contribution is 6.03. The van der Waals surface area contributed by atoms with Gasteiger partial charge in [-0.3, -0.25) is 4.79 Å². The van der Waals surface area contributed by atoms with E-state index in [1.807, 2.05) is 75.4 Å². The molecule has 2 nitrogen and oxygen atoms in total. The van der Waals surface area contributed by atoms with E-state index < -0.39 is 0 Å². The number of carbonyl (C=O) groups excluding carboxylic acids is 1. The summed E-state index contributed by atoms with van der Waals surface area (Å²) in [7, 11) is 0. The summed E-state index contributed by atoms with van der Waals surface area (Å²) in [5.41, 5.74) is 5.69. The monoisotopic (exact) mass is 317 g/mol. The van der Waals surface area contributed by atoms with E-state index in [0.717, 1.165) is 28.0 Å². The fraction of sp³-hybridized carbons (Fsp3) is 0.136. The van der Waals surface area contributed by atoms with Crippen LogP contribution in [0.3, 0.4) is 0 Å². The van der Waals surface area contributed by atoms with E-state index in [1.165, 1.54) is 0 Å². The third kappa shape index (κ3) is 4.82. The van der Waals surface area contributed by atoms with Gasteiger partial charge in [0.1, 0.15) is 0 Å². The molecule has 0 atom stereocenters. The molecular formula is C22H23NO. The molecule has 122 valence electrons. The molecule has 1 amide bonds. The first kappa shape index (κ1) is 17.5. The zero-order valence-electron chi connectivity index (χ0n) is 14.5. The van der Waals surface area contributed by atoms with Crippen LogP contribution in [0.1, 0.15) is 31.9 Å². The lowest BCUT2D eigenvalue weighted by Gasteiger charge is -2.07. The van der Waals surface area contributed by atoms with E-state index in [1.54, 1.807) is 0 Å². The Hall–Kier alpha value is -2.87. The summed E-state index contributed by atoms with van der Waals surface area (Å²) in [6, 6.07) is 17.8. The van der Waals surface area contributed by atoms with Crippen LogP contribution in [0.4, 0.5) is 5.69 Å². The lowest BCUT2D eigenvalue weighted by atomic mass is 10.1. The molecule has 2 rings (SSSR count). The molecule has 0 saturated carbocycles. The molecular weight excluding hydrogens is 294 g/mol. The van der Waals surface area contributed by atoms with E-state index >= 15 is 0 Å². The van der Waals surface area contributed by atoms with Gasteiger partial charge in [-0.05, 0) is 49.6 Å². The van der Waals surface area contributed by atoms with Gasteiger partial charge < -0.3 is 5.32 Å². The number of anilines is 1. The maximum absolute atomic E-state index is 12.3. The lowest BCUT2D eigenvalue weighted by Crippen LogP contribution is -2.12. The summed E-state index contributed by atoms with van der Waals surface area (Å²) >= 11 is 0. The van der Waals surface area contributed by atoms with Crippen LogP contribution < -0.4 is 5.32 Å². The molecule has 0 saturated heterocycles. The molecule has 0 aliphatic carbocycles. The molecule has 0 spiro atoms. The van der Waals surface area contributed by atoms with Crippen molar-refractivity contribution >= 4 is 22.7 Å². The van der Waals surface area contributed by atoms with Crippen molar-refractivity contribution in [3.63, 3.8) is 0 Å². The molecule has 0 aliphatic rings. The van der Waals surface area contributed by atoms with Gasteiger partial charge in [0.05, 0.1) is 0 Å². The summed E-state index contributed by atoms with van der Waals surface area (Å²) in [5, 5.41) is 2.92. The third-order valence-corrected chi connectivity index (χ3v) is 3.78. The summed E-state index contributed by atoms with van der Waals surface area (Å²) in [5.74, 6) is -0.106. The Morgan fingerprint density at radius 3 is 2.25 bits per heavy atom. The quantitative estimate of drug-likeness (QED) is 0.555. The van der Waals surface area contributed by atoms with Gasteiger partial charge in [0.2, 0.25) is 0 Å². The Bertz CT molecular complexity index is 798. The molecule has 1 N–H and O–H groups in total. The standard InChI is InChI=1S/C22H23NO/c1-16(2)20-11-8-12-21(15-20)23-22(24)18(4)14-13-17(3)19-9-6-5-7-10-19/h5-15H,1H2,2-4H3,(H,23,24)/b17-13+,18-14+. The summed E-state index contributed by atoms with van der Waals surface area (Å²) < 4.78 is 0. The molecule has 0 radical (unpaired) electrons. The van der Waals surface area contributed by atoms with Gasteiger partial charge in [-0.15, -0.1) is 0 Å². The molecule has 0 heterocycles. The lowest BCUT2D eigenvalue weighted by molar-refractivity contribution is -0.112. The van der Waals surface area contributed by atoms with E-state index in [9.17, 15) is 4.79 Å². The average Bonchev–Trinajstić information content (AvgIpc) is 2.60. The van der Waals surface area contributed by atoms with Crippen LogP contribution in [0, 0.1) is 0 Å². The zero-order valence-corrected chi connectivity index (χ0v) is 14.5. The fourth-order valence-corrected chi connectivity index (χ4v) is 2.22. The van der Waals surface area contributed by atoms with E-state index in [2.05, 4.69) is 24.0 Å². The van der Waals surface area contributed by atoms with Crippen molar-refractivity contribution in [1.82, 2.24) is 0 Å². The van der Waals surface area contributed by atoms with Crippen LogP contribution >= 0.6 is 0 Å². The molecule has 0 unspecified atom stereocenters. The number of rotatable bonds is 5. The topological polar surface area (TPSA) is 29.1 Å². The molecule has 0 bridgehead atoms. The largest absolute Gasteiger partial charge is 0.322 e. The van der Waals surface area contributed by atoms with Gasteiger partial charge in [0.25, 0.3) is 5.91 Å². The van der Waals surface area contributed by atoms with Gasteiger partial charge in [-0.25, -0.2) is 0 Å². The van der Waals surface area contributed by atoms with Crippen molar-refractivity contribution in [1.29, 1.82) is 0 Å². The molecule has 24 heavy (non-hydrogen) atoms. The average molecular weight is 317 g/mol. The Kier molecular flexibility index (Phi) is 5.91. The first-order valence-corrected chi connectivity index (χ1v) is 7.95. The normalized spacial score (nSPS) is 12.0. The van der Waals surface area contributed by atoms with Crippen LogP contribution in [-0.4, -0.2) is 5.91 Å². The first-order chi connectivity index (χ1) is 11.5. The maximum atomic E-state index is 12.3. The van der Waals surface area contributed by atoms with Crippen molar-refractivity contribution in [3.05, 3.63) is 90.0 Å².